The Balaban J connectivity index is 1.67. The van der Waals surface area contributed by atoms with Gasteiger partial charge in [-0.3, -0.25) is 9.59 Å². The van der Waals surface area contributed by atoms with Crippen LogP contribution in [-0.2, 0) is 23.6 Å². The van der Waals surface area contributed by atoms with Crippen LogP contribution in [0.25, 0.3) is 0 Å². The van der Waals surface area contributed by atoms with Gasteiger partial charge in [-0.15, -0.1) is 0 Å². The van der Waals surface area contributed by atoms with E-state index in [4.69, 9.17) is 23.2 Å². The minimum Gasteiger partial charge on any atom is -0.342 e. The van der Waals surface area contributed by atoms with Gasteiger partial charge >= 0.3 is 18.0 Å². The number of halogens is 8. The molecule has 2 amide bonds. The van der Waals surface area contributed by atoms with Gasteiger partial charge in [0.15, 0.2) is 0 Å². The van der Waals surface area contributed by atoms with Crippen LogP contribution in [0.1, 0.15) is 45.1 Å². The number of aromatic amines is 1. The second-order valence-corrected chi connectivity index (χ2v) is 10.6. The zero-order valence-electron chi connectivity index (χ0n) is 21.7. The molecule has 1 aliphatic heterocycles. The zero-order valence-corrected chi connectivity index (χ0v) is 23.2. The Kier molecular flexibility index (Phi) is 8.93. The fourth-order valence-corrected chi connectivity index (χ4v) is 5.22. The molecule has 0 saturated carbocycles. The number of piperidine rings is 1. The number of nitrogens with zero attached hydrogens (tertiary/aromatic N) is 3. The van der Waals surface area contributed by atoms with Gasteiger partial charge in [-0.2, -0.15) is 26.3 Å². The maximum absolute atomic E-state index is 13.4. The Hall–Kier alpha value is -3.58. The molecular formula is C27H22Cl2F6N4O3. The summed E-state index contributed by atoms with van der Waals surface area (Å²) in [4.78, 5) is 46.6. The van der Waals surface area contributed by atoms with Crippen molar-refractivity contribution >= 4 is 35.0 Å². The topological polar surface area (TPSA) is 86.4 Å². The van der Waals surface area contributed by atoms with Crippen molar-refractivity contribution in [3.8, 4) is 0 Å². The molecule has 7 nitrogen and oxygen atoms in total. The third-order valence-electron chi connectivity index (χ3n) is 7.03. The van der Waals surface area contributed by atoms with Gasteiger partial charge in [0.05, 0.1) is 27.6 Å². The van der Waals surface area contributed by atoms with Gasteiger partial charge in [0.25, 0.3) is 5.91 Å². The lowest BCUT2D eigenvalue weighted by molar-refractivity contribution is -0.143. The molecule has 2 atom stereocenters. The first-order valence-electron chi connectivity index (χ1n) is 12.4. The summed E-state index contributed by atoms with van der Waals surface area (Å²) in [7, 11) is 1.28. The molecule has 1 aliphatic rings. The number of likely N-dealkylation sites (tertiary alicyclic amines) is 1. The van der Waals surface area contributed by atoms with Crippen LogP contribution in [0.4, 0.5) is 26.3 Å². The van der Waals surface area contributed by atoms with Crippen molar-refractivity contribution in [2.45, 2.75) is 37.2 Å². The van der Waals surface area contributed by atoms with E-state index in [-0.39, 0.29) is 47.9 Å². The highest BCUT2D eigenvalue weighted by Gasteiger charge is 2.40. The van der Waals surface area contributed by atoms with Crippen LogP contribution in [0.15, 0.2) is 53.5 Å². The Morgan fingerprint density at radius 3 is 2.21 bits per heavy atom. The molecule has 1 aromatic heterocycles. The molecule has 2 aromatic carbocycles. The van der Waals surface area contributed by atoms with Gasteiger partial charge < -0.3 is 14.8 Å². The van der Waals surface area contributed by atoms with Crippen molar-refractivity contribution in [3.05, 3.63) is 97.1 Å². The lowest BCUT2D eigenvalue weighted by atomic mass is 9.84. The lowest BCUT2D eigenvalue weighted by Gasteiger charge is -2.43. The van der Waals surface area contributed by atoms with E-state index in [1.807, 2.05) is 0 Å². The third-order valence-corrected chi connectivity index (χ3v) is 7.77. The van der Waals surface area contributed by atoms with E-state index in [1.54, 1.807) is 6.07 Å². The van der Waals surface area contributed by atoms with E-state index in [0.29, 0.717) is 23.4 Å². The van der Waals surface area contributed by atoms with E-state index in [1.165, 1.54) is 36.3 Å². The van der Waals surface area contributed by atoms with E-state index in [0.717, 1.165) is 4.90 Å². The van der Waals surface area contributed by atoms with E-state index >= 15 is 0 Å². The molecular weight excluding hydrogens is 613 g/mol. The monoisotopic (exact) mass is 634 g/mol. The smallest absolute Gasteiger partial charge is 0.342 e. The number of aromatic nitrogens is 2. The number of amides is 2. The van der Waals surface area contributed by atoms with Crippen molar-refractivity contribution in [3.63, 3.8) is 0 Å². The standard InChI is InChI=1S/C27H22Cl2F6N4O3/c1-38(24(41)15-8-16(26(30,31)32)11-17(9-15)27(33,34)35)22-5-7-39(23(40)12-18-4-6-36-25(42)37-18)13-19(22)14-2-3-20(28)21(29)10-14/h2-4,6,8-11,19,22H,5,7,12-13H2,1H3,(H,36,37,42)/t19-,22+/m0/s1. The van der Waals surface area contributed by atoms with Crippen LogP contribution in [0.3, 0.4) is 0 Å². The molecule has 1 fully saturated rings. The fourth-order valence-electron chi connectivity index (χ4n) is 4.92. The second kappa shape index (κ2) is 12.0. The normalized spacial score (nSPS) is 17.7. The average Bonchev–Trinajstić information content (AvgIpc) is 2.92. The predicted molar refractivity (Wildman–Crippen MR) is 141 cm³/mol. The molecule has 0 bridgehead atoms. The fraction of sp³-hybridized carbons (Fsp3) is 0.333. The van der Waals surface area contributed by atoms with E-state index < -0.39 is 52.6 Å². The minimum absolute atomic E-state index is 0.0325. The highest BCUT2D eigenvalue weighted by Crippen LogP contribution is 2.38. The van der Waals surface area contributed by atoms with Gasteiger partial charge in [-0.05, 0) is 48.4 Å². The number of hydrogen-bond acceptors (Lipinski definition) is 4. The van der Waals surface area contributed by atoms with Crippen molar-refractivity contribution in [1.29, 1.82) is 0 Å². The van der Waals surface area contributed by atoms with Crippen LogP contribution in [0.2, 0.25) is 10.0 Å². The molecule has 0 aliphatic carbocycles. The summed E-state index contributed by atoms with van der Waals surface area (Å²) in [5, 5.41) is 0.405. The number of hydrogen-bond donors (Lipinski definition) is 1. The Morgan fingerprint density at radius 2 is 1.64 bits per heavy atom. The Labute approximate surface area is 245 Å². The number of rotatable bonds is 5. The summed E-state index contributed by atoms with van der Waals surface area (Å²) in [5.74, 6) is -2.06. The highest BCUT2D eigenvalue weighted by molar-refractivity contribution is 6.42. The summed E-state index contributed by atoms with van der Waals surface area (Å²) in [6, 6.07) is 6.10. The summed E-state index contributed by atoms with van der Waals surface area (Å²) < 4.78 is 80.6. The number of benzene rings is 2. The molecule has 0 unspecified atom stereocenters. The van der Waals surface area contributed by atoms with Crippen LogP contribution in [-0.4, -0.2) is 57.8 Å². The summed E-state index contributed by atoms with van der Waals surface area (Å²) >= 11 is 12.3. The highest BCUT2D eigenvalue weighted by atomic mass is 35.5. The summed E-state index contributed by atoms with van der Waals surface area (Å²) in [5.41, 5.74) is -3.76. The van der Waals surface area contributed by atoms with Gasteiger partial charge in [0, 0.05) is 49.6 Å². The second-order valence-electron chi connectivity index (χ2n) is 9.76. The van der Waals surface area contributed by atoms with Gasteiger partial charge in [0.2, 0.25) is 5.91 Å². The number of alkyl halides is 6. The molecule has 1 saturated heterocycles. The molecule has 224 valence electrons. The van der Waals surface area contributed by atoms with E-state index in [9.17, 15) is 40.7 Å². The summed E-state index contributed by atoms with van der Waals surface area (Å²) in [6.07, 6.45) is -9.01. The van der Waals surface area contributed by atoms with Crippen LogP contribution >= 0.6 is 23.2 Å². The van der Waals surface area contributed by atoms with Crippen LogP contribution in [0, 0.1) is 0 Å². The van der Waals surface area contributed by atoms with Crippen molar-refractivity contribution < 1.29 is 35.9 Å². The number of carbonyl (C=O) groups is 2. The predicted octanol–water partition coefficient (Wildman–Crippen LogP) is 5.81. The number of carbonyl (C=O) groups excluding carboxylic acids is 2. The lowest BCUT2D eigenvalue weighted by Crippen LogP contribution is -2.52. The van der Waals surface area contributed by atoms with Crippen LogP contribution in [0.5, 0.6) is 0 Å². The first-order chi connectivity index (χ1) is 19.5. The molecule has 15 heteroatoms. The first kappa shape index (κ1) is 31.4. The Morgan fingerprint density at radius 1 is 1.00 bits per heavy atom. The molecule has 3 aromatic rings. The Bertz CT molecular complexity index is 1530. The van der Waals surface area contributed by atoms with Gasteiger partial charge in [-0.25, -0.2) is 9.78 Å². The quantitative estimate of drug-likeness (QED) is 0.359. The van der Waals surface area contributed by atoms with Gasteiger partial charge in [-0.1, -0.05) is 29.3 Å². The first-order valence-corrected chi connectivity index (χ1v) is 13.1. The van der Waals surface area contributed by atoms with Gasteiger partial charge in [0.1, 0.15) is 0 Å². The molecule has 4 rings (SSSR count). The summed E-state index contributed by atoms with van der Waals surface area (Å²) in [6.45, 7) is 0.148. The van der Waals surface area contributed by atoms with Crippen molar-refractivity contribution in [2.24, 2.45) is 0 Å². The molecule has 0 radical (unpaired) electrons. The molecule has 0 spiro atoms. The average molecular weight is 635 g/mol. The number of nitrogens with one attached hydrogen (secondary N) is 1. The number of H-pyrrole nitrogens is 1. The molecule has 1 N–H and O–H groups in total. The number of likely N-dealkylation sites (N-methyl/N-ethyl adjacent to an activating group) is 1. The van der Waals surface area contributed by atoms with E-state index in [2.05, 4.69) is 9.97 Å². The SMILES string of the molecule is CN(C(=O)c1cc(C(F)(F)F)cc(C(F)(F)F)c1)[C@@H]1CCN(C(=O)Cc2ccnc(=O)[nH]2)C[C@H]1c1ccc(Cl)c(Cl)c1. The third kappa shape index (κ3) is 7.06. The maximum Gasteiger partial charge on any atom is 0.416 e. The maximum atomic E-state index is 13.4. The largest absolute Gasteiger partial charge is 0.416 e. The zero-order chi connectivity index (χ0) is 31.0. The molecule has 2 heterocycles. The van der Waals surface area contributed by atoms with Crippen LogP contribution < -0.4 is 5.69 Å². The van der Waals surface area contributed by atoms with Crippen molar-refractivity contribution in [2.75, 3.05) is 20.1 Å². The van der Waals surface area contributed by atoms with Crippen molar-refractivity contribution in [1.82, 2.24) is 19.8 Å². The minimum atomic E-state index is -5.12. The molecule has 42 heavy (non-hydrogen) atoms.